The smallest absolute Gasteiger partial charge is 0.410 e. The van der Waals surface area contributed by atoms with Crippen LogP contribution >= 0.6 is 11.6 Å². The van der Waals surface area contributed by atoms with Gasteiger partial charge in [-0.1, -0.05) is 17.7 Å². The summed E-state index contributed by atoms with van der Waals surface area (Å²) >= 11 is 5.72. The molecule has 1 aromatic rings. The molecule has 29 heavy (non-hydrogen) atoms. The van der Waals surface area contributed by atoms with Crippen molar-refractivity contribution >= 4 is 23.7 Å². The maximum atomic E-state index is 13.9. The molecule has 1 fully saturated rings. The minimum Gasteiger partial charge on any atom is -0.481 e. The molecule has 0 aromatic heterocycles. The second kappa shape index (κ2) is 9.76. The molecule has 0 bridgehead atoms. The minimum atomic E-state index is -1.15. The van der Waals surface area contributed by atoms with Crippen molar-refractivity contribution in [1.29, 1.82) is 0 Å². The van der Waals surface area contributed by atoms with Crippen LogP contribution < -0.4 is 0 Å². The van der Waals surface area contributed by atoms with Crippen LogP contribution in [0.25, 0.3) is 0 Å². The van der Waals surface area contributed by atoms with Gasteiger partial charge in [-0.15, -0.1) is 0 Å². The van der Waals surface area contributed by atoms with Gasteiger partial charge in [0.2, 0.25) is 0 Å². The van der Waals surface area contributed by atoms with Crippen molar-refractivity contribution in [2.24, 2.45) is 0 Å². The van der Waals surface area contributed by atoms with Crippen LogP contribution in [0.3, 0.4) is 0 Å². The Morgan fingerprint density at radius 3 is 2.38 bits per heavy atom. The lowest BCUT2D eigenvalue weighted by Gasteiger charge is -2.38. The first-order chi connectivity index (χ1) is 13.5. The highest BCUT2D eigenvalue weighted by atomic mass is 35.5. The van der Waals surface area contributed by atoms with E-state index in [0.29, 0.717) is 12.8 Å². The van der Waals surface area contributed by atoms with Crippen molar-refractivity contribution in [2.75, 3.05) is 13.7 Å². The van der Waals surface area contributed by atoms with Gasteiger partial charge in [0, 0.05) is 19.7 Å². The van der Waals surface area contributed by atoms with Crippen molar-refractivity contribution in [1.82, 2.24) is 4.90 Å². The molecule has 0 spiro atoms. The largest absolute Gasteiger partial charge is 0.481 e. The summed E-state index contributed by atoms with van der Waals surface area (Å²) in [6.45, 7) is 5.16. The van der Waals surface area contributed by atoms with Gasteiger partial charge in [0.05, 0.1) is 17.0 Å². The third-order valence-corrected chi connectivity index (χ3v) is 5.38. The minimum absolute atomic E-state index is 0.0835. The normalized spacial score (nSPS) is 20.8. The number of halogens is 2. The molecular formula is C21H29ClFNO5. The van der Waals surface area contributed by atoms with Crippen molar-refractivity contribution in [2.45, 2.75) is 70.1 Å². The maximum absolute atomic E-state index is 13.9. The number of amides is 1. The van der Waals surface area contributed by atoms with Crippen LogP contribution in [-0.4, -0.2) is 53.5 Å². The molecule has 1 amide bonds. The fourth-order valence-corrected chi connectivity index (χ4v) is 3.66. The molecule has 0 radical (unpaired) electrons. The number of hydrogen-bond donors (Lipinski definition) is 1. The number of methoxy groups -OCH3 is 1. The summed E-state index contributed by atoms with van der Waals surface area (Å²) in [5.74, 6) is -2.94. The molecule has 1 atom stereocenters. The highest BCUT2D eigenvalue weighted by Crippen LogP contribution is 2.30. The predicted octanol–water partition coefficient (Wildman–Crippen LogP) is 4.84. The van der Waals surface area contributed by atoms with Crippen molar-refractivity contribution in [3.05, 3.63) is 34.6 Å². The Bertz CT molecular complexity index is 728. The van der Waals surface area contributed by atoms with E-state index < -0.39 is 29.4 Å². The van der Waals surface area contributed by atoms with Gasteiger partial charge < -0.3 is 19.5 Å². The molecule has 6 nitrogen and oxygen atoms in total. The van der Waals surface area contributed by atoms with Gasteiger partial charge in [0.15, 0.2) is 0 Å². The number of carbonyl (C=O) groups is 2. The number of carboxylic acids is 1. The zero-order valence-electron chi connectivity index (χ0n) is 17.3. The molecule has 2 rings (SSSR count). The van der Waals surface area contributed by atoms with Crippen LogP contribution in [0.2, 0.25) is 5.02 Å². The average Bonchev–Trinajstić information content (AvgIpc) is 2.63. The highest BCUT2D eigenvalue weighted by molar-refractivity contribution is 6.30. The molecule has 8 heteroatoms. The zero-order valence-corrected chi connectivity index (χ0v) is 18.0. The van der Waals surface area contributed by atoms with Crippen molar-refractivity contribution in [3.63, 3.8) is 0 Å². The van der Waals surface area contributed by atoms with E-state index in [1.165, 1.54) is 17.0 Å². The number of hydrogen-bond acceptors (Lipinski definition) is 4. The van der Waals surface area contributed by atoms with Gasteiger partial charge in [0.1, 0.15) is 11.4 Å². The summed E-state index contributed by atoms with van der Waals surface area (Å²) in [7, 11) is 1.66. The molecule has 1 N–H and O–H groups in total. The molecule has 1 aromatic carbocycles. The first kappa shape index (κ1) is 23.4. The Hall–Kier alpha value is -1.86. The predicted molar refractivity (Wildman–Crippen MR) is 108 cm³/mol. The molecule has 0 aliphatic heterocycles. The van der Waals surface area contributed by atoms with Gasteiger partial charge >= 0.3 is 12.1 Å². The van der Waals surface area contributed by atoms with E-state index in [9.17, 15) is 19.1 Å². The Balaban J connectivity index is 2.29. The Labute approximate surface area is 175 Å². The number of aliphatic carboxylic acids is 1. The summed E-state index contributed by atoms with van der Waals surface area (Å²) in [6.07, 6.45) is 2.46. The third kappa shape index (κ3) is 6.57. The first-order valence-corrected chi connectivity index (χ1v) is 10.1. The molecule has 0 heterocycles. The molecule has 1 saturated carbocycles. The fraction of sp³-hybridized carbons (Fsp3) is 0.619. The molecule has 1 unspecified atom stereocenters. The number of benzene rings is 1. The molecular weight excluding hydrogens is 401 g/mol. The number of rotatable bonds is 6. The van der Waals surface area contributed by atoms with Gasteiger partial charge in [-0.3, -0.25) is 4.79 Å². The SMILES string of the molecule is COC1CCC(N(CC(C(=O)O)c2ccc(Cl)c(F)c2)C(=O)OC(C)(C)C)CC1. The van der Waals surface area contributed by atoms with Gasteiger partial charge in [0.25, 0.3) is 0 Å². The van der Waals surface area contributed by atoms with E-state index in [0.717, 1.165) is 18.9 Å². The average molecular weight is 430 g/mol. The standard InChI is InChI=1S/C21H29ClFNO5/c1-21(2,3)29-20(27)24(14-6-8-15(28-4)9-7-14)12-16(19(25)26)13-5-10-17(22)18(23)11-13/h5,10-11,14-16H,6-9,12H2,1-4H3,(H,25,26). The van der Waals surface area contributed by atoms with Crippen molar-refractivity contribution < 1.29 is 28.6 Å². The second-order valence-electron chi connectivity index (χ2n) is 8.36. The Morgan fingerprint density at radius 1 is 1.28 bits per heavy atom. The molecule has 1 aliphatic carbocycles. The maximum Gasteiger partial charge on any atom is 0.410 e. The number of nitrogens with zero attached hydrogens (tertiary/aromatic N) is 1. The van der Waals surface area contributed by atoms with Crippen LogP contribution in [0.1, 0.15) is 57.9 Å². The number of carboxylic acid groups (broad SMARTS) is 1. The monoisotopic (exact) mass is 429 g/mol. The van der Waals surface area contributed by atoms with E-state index in [2.05, 4.69) is 0 Å². The Kier molecular flexibility index (Phi) is 7.88. The van der Waals surface area contributed by atoms with Crippen LogP contribution in [0, 0.1) is 5.82 Å². The first-order valence-electron chi connectivity index (χ1n) is 9.72. The van der Waals surface area contributed by atoms with Crippen LogP contribution in [-0.2, 0) is 14.3 Å². The quantitative estimate of drug-likeness (QED) is 0.700. The summed E-state index contributed by atoms with van der Waals surface area (Å²) < 4.78 is 24.8. The van der Waals surface area contributed by atoms with Crippen LogP contribution in [0.15, 0.2) is 18.2 Å². The lowest BCUT2D eigenvalue weighted by molar-refractivity contribution is -0.139. The lowest BCUT2D eigenvalue weighted by atomic mass is 9.90. The van der Waals surface area contributed by atoms with Gasteiger partial charge in [-0.25, -0.2) is 9.18 Å². The zero-order chi connectivity index (χ0) is 21.8. The lowest BCUT2D eigenvalue weighted by Crippen LogP contribution is -2.48. The summed E-state index contributed by atoms with van der Waals surface area (Å²) in [5.41, 5.74) is -0.469. The Morgan fingerprint density at radius 2 is 1.90 bits per heavy atom. The van der Waals surface area contributed by atoms with E-state index >= 15 is 0 Å². The number of carbonyl (C=O) groups excluding carboxylic acids is 1. The summed E-state index contributed by atoms with van der Waals surface area (Å²) in [5, 5.41) is 9.69. The molecule has 0 saturated heterocycles. The summed E-state index contributed by atoms with van der Waals surface area (Å²) in [4.78, 5) is 26.3. The second-order valence-corrected chi connectivity index (χ2v) is 8.77. The van der Waals surface area contributed by atoms with Crippen molar-refractivity contribution in [3.8, 4) is 0 Å². The van der Waals surface area contributed by atoms with E-state index in [1.807, 2.05) is 0 Å². The molecule has 1 aliphatic rings. The van der Waals surface area contributed by atoms with E-state index in [-0.39, 0.29) is 29.3 Å². The van der Waals surface area contributed by atoms with Gasteiger partial charge in [-0.2, -0.15) is 0 Å². The fourth-order valence-electron chi connectivity index (χ4n) is 3.54. The third-order valence-electron chi connectivity index (χ3n) is 5.07. The highest BCUT2D eigenvalue weighted by Gasteiger charge is 2.35. The number of ether oxygens (including phenoxy) is 2. The van der Waals surface area contributed by atoms with E-state index in [4.69, 9.17) is 21.1 Å². The summed E-state index contributed by atoms with van der Waals surface area (Å²) in [6, 6.07) is 3.73. The molecule has 162 valence electrons. The van der Waals surface area contributed by atoms with E-state index in [1.54, 1.807) is 27.9 Å². The van der Waals surface area contributed by atoms with Gasteiger partial charge in [-0.05, 0) is 64.2 Å². The van der Waals surface area contributed by atoms with Crippen LogP contribution in [0.4, 0.5) is 9.18 Å². The van der Waals surface area contributed by atoms with Crippen LogP contribution in [0.5, 0.6) is 0 Å². The topological polar surface area (TPSA) is 76.1 Å².